The summed E-state index contributed by atoms with van der Waals surface area (Å²) in [6, 6.07) is 16.3. The number of halogens is 2. The molecule has 3 aromatic carbocycles. The minimum absolute atomic E-state index is 0.0714. The summed E-state index contributed by atoms with van der Waals surface area (Å²) >= 11 is 3.25. The normalized spacial score (nSPS) is 14.2. The lowest BCUT2D eigenvalue weighted by Gasteiger charge is -2.26. The summed E-state index contributed by atoms with van der Waals surface area (Å²) in [6.07, 6.45) is 2.85. The van der Waals surface area contributed by atoms with Crippen LogP contribution in [0.4, 0.5) is 10.1 Å². The number of benzene rings is 3. The molecule has 1 saturated heterocycles. The van der Waals surface area contributed by atoms with Crippen molar-refractivity contribution in [1.82, 2.24) is 9.88 Å². The van der Waals surface area contributed by atoms with Gasteiger partial charge in [0, 0.05) is 48.2 Å². The lowest BCUT2D eigenvalue weighted by molar-refractivity contribution is 0.0357. The molecule has 8 nitrogen and oxygen atoms in total. The molecule has 0 spiro atoms. The fraction of sp³-hybridized carbons (Fsp3) is 0.300. The first kappa shape index (κ1) is 29.2. The molecule has 1 aliphatic rings. The maximum absolute atomic E-state index is 15.2. The van der Waals surface area contributed by atoms with Crippen LogP contribution in [0.1, 0.15) is 17.5 Å². The highest BCUT2D eigenvalue weighted by molar-refractivity contribution is 9.10. The van der Waals surface area contributed by atoms with Gasteiger partial charge >= 0.3 is 0 Å². The van der Waals surface area contributed by atoms with Crippen molar-refractivity contribution in [2.24, 2.45) is 0 Å². The van der Waals surface area contributed by atoms with Gasteiger partial charge in [-0.3, -0.25) is 14.6 Å². The number of morpholine rings is 1. The van der Waals surface area contributed by atoms with E-state index in [2.05, 4.69) is 30.5 Å². The van der Waals surface area contributed by atoms with Gasteiger partial charge in [0.15, 0.2) is 11.5 Å². The third-order valence-corrected chi connectivity index (χ3v) is 9.30. The molecular formula is C30H31BrFN3O5S. The van der Waals surface area contributed by atoms with Crippen LogP contribution in [0, 0.1) is 5.82 Å². The Labute approximate surface area is 247 Å². The van der Waals surface area contributed by atoms with Crippen molar-refractivity contribution >= 4 is 42.5 Å². The van der Waals surface area contributed by atoms with Crippen molar-refractivity contribution < 1.29 is 27.0 Å². The van der Waals surface area contributed by atoms with Gasteiger partial charge in [-0.15, -0.1) is 0 Å². The summed E-state index contributed by atoms with van der Waals surface area (Å²) in [6.45, 7) is 4.91. The number of methoxy groups -OCH3 is 1. The van der Waals surface area contributed by atoms with Crippen molar-refractivity contribution in [2.45, 2.75) is 17.7 Å². The Kier molecular flexibility index (Phi) is 9.39. The van der Waals surface area contributed by atoms with Crippen molar-refractivity contribution in [3.8, 4) is 11.5 Å². The first-order chi connectivity index (χ1) is 19.8. The van der Waals surface area contributed by atoms with Gasteiger partial charge in [-0.05, 0) is 69.9 Å². The van der Waals surface area contributed by atoms with E-state index >= 15 is 4.39 Å². The molecule has 4 aromatic rings. The molecule has 41 heavy (non-hydrogen) atoms. The second-order valence-corrected chi connectivity index (χ2v) is 12.2. The Bertz CT molecular complexity index is 1630. The first-order valence-electron chi connectivity index (χ1n) is 13.3. The van der Waals surface area contributed by atoms with E-state index in [0.717, 1.165) is 50.2 Å². The van der Waals surface area contributed by atoms with Crippen LogP contribution in [-0.4, -0.2) is 64.9 Å². The van der Waals surface area contributed by atoms with Crippen molar-refractivity contribution in [3.05, 3.63) is 88.3 Å². The van der Waals surface area contributed by atoms with Gasteiger partial charge < -0.3 is 14.2 Å². The Balaban J connectivity index is 1.30. The predicted octanol–water partition coefficient (Wildman–Crippen LogP) is 5.64. The largest absolute Gasteiger partial charge is 0.493 e. The monoisotopic (exact) mass is 643 g/mol. The number of nitrogens with zero attached hydrogens (tertiary/aromatic N) is 2. The zero-order valence-corrected chi connectivity index (χ0v) is 25.0. The van der Waals surface area contributed by atoms with Gasteiger partial charge in [-0.25, -0.2) is 12.8 Å². The molecule has 0 unspecified atom stereocenters. The third kappa shape index (κ3) is 7.16. The average molecular weight is 645 g/mol. The highest BCUT2D eigenvalue weighted by atomic mass is 79.9. The number of fused-ring (bicyclic) bond motifs is 1. The molecule has 0 saturated carbocycles. The molecule has 216 valence electrons. The number of sulfonamides is 1. The van der Waals surface area contributed by atoms with E-state index < -0.39 is 15.8 Å². The summed E-state index contributed by atoms with van der Waals surface area (Å²) in [4.78, 5) is 6.94. The molecule has 5 rings (SSSR count). The highest BCUT2D eigenvalue weighted by Gasteiger charge is 2.19. The Morgan fingerprint density at radius 3 is 2.61 bits per heavy atom. The van der Waals surface area contributed by atoms with E-state index in [1.54, 1.807) is 43.6 Å². The van der Waals surface area contributed by atoms with Crippen LogP contribution in [0.3, 0.4) is 0 Å². The SMILES string of the molecule is COc1cc2c(Cc3ccc(NS(=O)(=O)c4ccccc4Br)cc3F)ccnc2cc1OCCCN1CCOCC1. The molecule has 0 aliphatic carbocycles. The van der Waals surface area contributed by atoms with E-state index in [4.69, 9.17) is 14.2 Å². The Hall–Kier alpha value is -3.25. The van der Waals surface area contributed by atoms with Gasteiger partial charge in [-0.2, -0.15) is 0 Å². The van der Waals surface area contributed by atoms with E-state index in [9.17, 15) is 8.42 Å². The van der Waals surface area contributed by atoms with Crippen LogP contribution in [0.25, 0.3) is 10.9 Å². The van der Waals surface area contributed by atoms with Gasteiger partial charge in [0.1, 0.15) is 10.7 Å². The molecule has 0 amide bonds. The number of ether oxygens (including phenoxy) is 3. The van der Waals surface area contributed by atoms with E-state index in [0.29, 0.717) is 33.7 Å². The number of hydrogen-bond acceptors (Lipinski definition) is 7. The first-order valence-corrected chi connectivity index (χ1v) is 15.6. The molecule has 0 bridgehead atoms. The summed E-state index contributed by atoms with van der Waals surface area (Å²) < 4.78 is 60.7. The molecule has 1 fully saturated rings. The number of pyridine rings is 1. The predicted molar refractivity (Wildman–Crippen MR) is 160 cm³/mol. The molecule has 11 heteroatoms. The maximum Gasteiger partial charge on any atom is 0.263 e. The molecule has 1 aromatic heterocycles. The second-order valence-electron chi connectivity index (χ2n) is 9.67. The van der Waals surface area contributed by atoms with Gasteiger partial charge in [0.2, 0.25) is 0 Å². The zero-order chi connectivity index (χ0) is 28.8. The minimum atomic E-state index is -3.89. The fourth-order valence-electron chi connectivity index (χ4n) is 4.76. The summed E-state index contributed by atoms with van der Waals surface area (Å²) in [5.74, 6) is 0.671. The van der Waals surface area contributed by atoms with Crippen LogP contribution >= 0.6 is 15.9 Å². The number of nitrogens with one attached hydrogen (secondary N) is 1. The highest BCUT2D eigenvalue weighted by Crippen LogP contribution is 2.34. The minimum Gasteiger partial charge on any atom is -0.493 e. The second kappa shape index (κ2) is 13.2. The number of anilines is 1. The van der Waals surface area contributed by atoms with Gasteiger partial charge in [0.05, 0.1) is 38.1 Å². The molecule has 0 radical (unpaired) electrons. The number of aromatic nitrogens is 1. The van der Waals surface area contributed by atoms with Crippen molar-refractivity contribution in [3.63, 3.8) is 0 Å². The van der Waals surface area contributed by atoms with Crippen LogP contribution in [0.5, 0.6) is 11.5 Å². The molecule has 1 N–H and O–H groups in total. The van der Waals surface area contributed by atoms with Crippen LogP contribution in [-0.2, 0) is 21.2 Å². The molecule has 2 heterocycles. The quantitative estimate of drug-likeness (QED) is 0.212. The number of hydrogen-bond donors (Lipinski definition) is 1. The Morgan fingerprint density at radius 1 is 1.05 bits per heavy atom. The maximum atomic E-state index is 15.2. The smallest absolute Gasteiger partial charge is 0.263 e. The molecule has 1 aliphatic heterocycles. The summed E-state index contributed by atoms with van der Waals surface area (Å²) in [7, 11) is -2.30. The van der Waals surface area contributed by atoms with Gasteiger partial charge in [0.25, 0.3) is 10.0 Å². The van der Waals surface area contributed by atoms with Crippen LogP contribution < -0.4 is 14.2 Å². The summed E-state index contributed by atoms with van der Waals surface area (Å²) in [5.41, 5.74) is 2.12. The standard InChI is InChI=1S/C30H31BrFN3O5S/c1-38-28-19-24-21(9-10-33-27(24)20-29(28)40-14-4-11-35-12-15-39-16-13-35)17-22-7-8-23(18-26(22)32)34-41(36,37)30-6-3-2-5-25(30)31/h2-3,5-10,18-20,34H,4,11-17H2,1H3. The van der Waals surface area contributed by atoms with Crippen molar-refractivity contribution in [2.75, 3.05) is 51.3 Å². The molecular weight excluding hydrogens is 613 g/mol. The van der Waals surface area contributed by atoms with E-state index in [1.807, 2.05) is 18.2 Å². The van der Waals surface area contributed by atoms with Crippen molar-refractivity contribution in [1.29, 1.82) is 0 Å². The topological polar surface area (TPSA) is 90.0 Å². The number of rotatable bonds is 11. The molecule has 0 atom stereocenters. The Morgan fingerprint density at radius 2 is 1.85 bits per heavy atom. The van der Waals surface area contributed by atoms with E-state index in [1.165, 1.54) is 12.1 Å². The average Bonchev–Trinajstić information content (AvgIpc) is 2.97. The van der Waals surface area contributed by atoms with Gasteiger partial charge in [-0.1, -0.05) is 18.2 Å². The lowest BCUT2D eigenvalue weighted by atomic mass is 10.00. The fourth-order valence-corrected chi connectivity index (χ4v) is 6.82. The lowest BCUT2D eigenvalue weighted by Crippen LogP contribution is -2.37. The van der Waals surface area contributed by atoms with E-state index in [-0.39, 0.29) is 17.0 Å². The van der Waals surface area contributed by atoms with Crippen LogP contribution in [0.15, 0.2) is 76.2 Å². The third-order valence-electron chi connectivity index (χ3n) is 6.91. The summed E-state index contributed by atoms with van der Waals surface area (Å²) in [5, 5.41) is 0.822. The van der Waals surface area contributed by atoms with Crippen LogP contribution in [0.2, 0.25) is 0 Å². The zero-order valence-electron chi connectivity index (χ0n) is 22.6.